The molecule has 1 saturated heterocycles. The molecule has 1 aliphatic rings. The lowest BCUT2D eigenvalue weighted by atomic mass is 10.1. The number of hydrogen-bond acceptors (Lipinski definition) is 5. The van der Waals surface area contributed by atoms with Crippen LogP contribution in [0.4, 0.5) is 5.69 Å². The van der Waals surface area contributed by atoms with Gasteiger partial charge < -0.3 is 19.5 Å². The van der Waals surface area contributed by atoms with Gasteiger partial charge in [-0.25, -0.2) is 4.79 Å². The van der Waals surface area contributed by atoms with Gasteiger partial charge in [0, 0.05) is 30.5 Å². The Labute approximate surface area is 135 Å². The van der Waals surface area contributed by atoms with Gasteiger partial charge >= 0.3 is 5.97 Å². The van der Waals surface area contributed by atoms with E-state index >= 15 is 0 Å². The number of carboxylic acid groups (broad SMARTS) is 1. The maximum Gasteiger partial charge on any atom is 0.338 e. The lowest BCUT2D eigenvalue weighted by Crippen LogP contribution is -2.33. The first-order valence-electron chi connectivity index (χ1n) is 7.81. The van der Waals surface area contributed by atoms with Crippen LogP contribution in [0.1, 0.15) is 43.0 Å². The first kappa shape index (κ1) is 17.0. The number of aliphatic carboxylic acids is 1. The predicted molar refractivity (Wildman–Crippen MR) is 81.7 cm³/mol. The summed E-state index contributed by atoms with van der Waals surface area (Å²) in [6, 6.07) is 6.41. The van der Waals surface area contributed by atoms with Gasteiger partial charge in [-0.2, -0.15) is 0 Å². The fourth-order valence-electron chi connectivity index (χ4n) is 2.49. The van der Waals surface area contributed by atoms with E-state index in [9.17, 15) is 19.5 Å². The van der Waals surface area contributed by atoms with Crippen LogP contribution >= 0.6 is 0 Å². The summed E-state index contributed by atoms with van der Waals surface area (Å²) in [5.41, 5.74) is 0.981. The molecule has 1 atom stereocenters. The third-order valence-electron chi connectivity index (χ3n) is 3.85. The van der Waals surface area contributed by atoms with Gasteiger partial charge in [0.05, 0.1) is 12.2 Å². The zero-order valence-corrected chi connectivity index (χ0v) is 13.1. The summed E-state index contributed by atoms with van der Waals surface area (Å²) >= 11 is 0. The van der Waals surface area contributed by atoms with Crippen LogP contribution in [0.2, 0.25) is 0 Å². The number of carbonyl (C=O) groups excluding carboxylic acids is 3. The summed E-state index contributed by atoms with van der Waals surface area (Å²) in [5.74, 6) is -2.65. The molecule has 6 nitrogen and oxygen atoms in total. The van der Waals surface area contributed by atoms with Crippen molar-refractivity contribution in [3.63, 3.8) is 0 Å². The van der Waals surface area contributed by atoms with E-state index in [1.807, 2.05) is 0 Å². The number of unbranched alkanes of at least 4 members (excludes halogenated alkanes) is 2. The van der Waals surface area contributed by atoms with Crippen LogP contribution in [0, 0.1) is 5.92 Å². The molecule has 0 bridgehead atoms. The van der Waals surface area contributed by atoms with Gasteiger partial charge in [-0.3, -0.25) is 4.79 Å². The van der Waals surface area contributed by atoms with Gasteiger partial charge in [0.2, 0.25) is 5.91 Å². The van der Waals surface area contributed by atoms with Crippen LogP contribution in [0.3, 0.4) is 0 Å². The minimum atomic E-state index is -1.21. The zero-order valence-electron chi connectivity index (χ0n) is 13.1. The molecule has 0 aromatic heterocycles. The van der Waals surface area contributed by atoms with E-state index in [-0.39, 0.29) is 18.9 Å². The Balaban J connectivity index is 1.95. The van der Waals surface area contributed by atoms with Crippen molar-refractivity contribution in [2.24, 2.45) is 5.92 Å². The molecule has 1 aromatic carbocycles. The van der Waals surface area contributed by atoms with Crippen LogP contribution in [0.15, 0.2) is 24.3 Å². The molecule has 0 spiro atoms. The molecular weight excluding hydrogens is 298 g/mol. The Hall–Kier alpha value is -2.37. The van der Waals surface area contributed by atoms with E-state index in [4.69, 9.17) is 4.74 Å². The number of anilines is 1. The summed E-state index contributed by atoms with van der Waals surface area (Å²) < 4.78 is 5.16. The minimum absolute atomic E-state index is 0.0520. The monoisotopic (exact) mass is 318 g/mol. The third kappa shape index (κ3) is 4.31. The lowest BCUT2D eigenvalue weighted by molar-refractivity contribution is -0.310. The molecule has 0 aliphatic carbocycles. The van der Waals surface area contributed by atoms with Gasteiger partial charge in [0.25, 0.3) is 0 Å². The first-order chi connectivity index (χ1) is 11.0. The number of rotatable bonds is 7. The largest absolute Gasteiger partial charge is 0.550 e. The number of amides is 1. The third-order valence-corrected chi connectivity index (χ3v) is 3.85. The molecule has 124 valence electrons. The average molecular weight is 318 g/mol. The summed E-state index contributed by atoms with van der Waals surface area (Å²) in [5, 5.41) is 10.9. The van der Waals surface area contributed by atoms with Crippen LogP contribution in [-0.2, 0) is 14.3 Å². The highest BCUT2D eigenvalue weighted by molar-refractivity contribution is 5.99. The molecule has 1 fully saturated rings. The molecule has 0 N–H and O–H groups in total. The summed E-state index contributed by atoms with van der Waals surface area (Å²) in [6.07, 6.45) is 2.86. The number of carbonyl (C=O) groups is 3. The average Bonchev–Trinajstić information content (AvgIpc) is 2.94. The molecule has 1 aromatic rings. The molecule has 6 heteroatoms. The van der Waals surface area contributed by atoms with E-state index in [2.05, 4.69) is 6.92 Å². The van der Waals surface area contributed by atoms with Crippen LogP contribution in [-0.4, -0.2) is 31.0 Å². The molecule has 1 aliphatic heterocycles. The fourth-order valence-corrected chi connectivity index (χ4v) is 2.49. The highest BCUT2D eigenvalue weighted by atomic mass is 16.5. The maximum atomic E-state index is 11.9. The standard InChI is InChI=1S/C17H21NO5/c1-2-3-4-9-23-17(22)12-5-7-14(8-6-12)18-11-13(16(20)21)10-15(18)19/h5-8,13H,2-4,9-11H2,1H3,(H,20,21)/p-1/t13-/m1/s1. The quantitative estimate of drug-likeness (QED) is 0.556. The Morgan fingerprint density at radius 2 is 1.96 bits per heavy atom. The van der Waals surface area contributed by atoms with Crippen molar-refractivity contribution in [1.29, 1.82) is 0 Å². The second-order valence-electron chi connectivity index (χ2n) is 5.61. The maximum absolute atomic E-state index is 11.9. The number of nitrogens with zero attached hydrogens (tertiary/aromatic N) is 1. The predicted octanol–water partition coefficient (Wildman–Crippen LogP) is 1.14. The molecule has 0 saturated carbocycles. The van der Waals surface area contributed by atoms with Crippen LogP contribution in [0.25, 0.3) is 0 Å². The van der Waals surface area contributed by atoms with Crippen molar-refractivity contribution in [2.75, 3.05) is 18.1 Å². The van der Waals surface area contributed by atoms with Crippen molar-refractivity contribution in [3.05, 3.63) is 29.8 Å². The second-order valence-corrected chi connectivity index (χ2v) is 5.61. The van der Waals surface area contributed by atoms with Crippen LogP contribution < -0.4 is 10.0 Å². The number of esters is 1. The van der Waals surface area contributed by atoms with Crippen molar-refractivity contribution < 1.29 is 24.2 Å². The number of ether oxygens (including phenoxy) is 1. The van der Waals surface area contributed by atoms with Crippen LogP contribution in [0.5, 0.6) is 0 Å². The van der Waals surface area contributed by atoms with Gasteiger partial charge in [0.15, 0.2) is 0 Å². The van der Waals surface area contributed by atoms with E-state index < -0.39 is 17.9 Å². The molecule has 23 heavy (non-hydrogen) atoms. The zero-order chi connectivity index (χ0) is 16.8. The van der Waals surface area contributed by atoms with Gasteiger partial charge in [-0.1, -0.05) is 19.8 Å². The molecule has 1 amide bonds. The first-order valence-corrected chi connectivity index (χ1v) is 7.81. The fraction of sp³-hybridized carbons (Fsp3) is 0.471. The van der Waals surface area contributed by atoms with E-state index in [1.54, 1.807) is 24.3 Å². The highest BCUT2D eigenvalue weighted by Crippen LogP contribution is 2.25. The molecule has 1 heterocycles. The summed E-state index contributed by atoms with van der Waals surface area (Å²) in [6.45, 7) is 2.57. The Morgan fingerprint density at radius 1 is 1.26 bits per heavy atom. The topological polar surface area (TPSA) is 86.7 Å². The molecule has 0 unspecified atom stereocenters. The van der Waals surface area contributed by atoms with Crippen molar-refractivity contribution >= 4 is 23.5 Å². The van der Waals surface area contributed by atoms with Gasteiger partial charge in [-0.15, -0.1) is 0 Å². The molecule has 0 radical (unpaired) electrons. The highest BCUT2D eigenvalue weighted by Gasteiger charge is 2.31. The smallest absolute Gasteiger partial charge is 0.338 e. The molecule has 2 rings (SSSR count). The minimum Gasteiger partial charge on any atom is -0.550 e. The second kappa shape index (κ2) is 7.76. The lowest BCUT2D eigenvalue weighted by Gasteiger charge is -2.17. The Morgan fingerprint density at radius 3 is 2.52 bits per heavy atom. The van der Waals surface area contributed by atoms with Gasteiger partial charge in [-0.05, 0) is 30.7 Å². The number of hydrogen-bond donors (Lipinski definition) is 0. The molecular formula is C17H20NO5-. The summed E-state index contributed by atoms with van der Waals surface area (Å²) in [7, 11) is 0. The van der Waals surface area contributed by atoms with Crippen molar-refractivity contribution in [1.82, 2.24) is 0 Å². The Bertz CT molecular complexity index is 581. The van der Waals surface area contributed by atoms with E-state index in [0.717, 1.165) is 19.3 Å². The number of carboxylic acids is 1. The normalized spacial score (nSPS) is 17.3. The van der Waals surface area contributed by atoms with E-state index in [0.29, 0.717) is 17.9 Å². The van der Waals surface area contributed by atoms with Crippen molar-refractivity contribution in [2.45, 2.75) is 32.6 Å². The summed E-state index contributed by atoms with van der Waals surface area (Å²) in [4.78, 5) is 36.0. The Kier molecular flexibility index (Phi) is 5.73. The SMILES string of the molecule is CCCCCOC(=O)c1ccc(N2C[C@H](C(=O)[O-])CC2=O)cc1. The number of benzene rings is 1. The van der Waals surface area contributed by atoms with E-state index in [1.165, 1.54) is 4.90 Å². The van der Waals surface area contributed by atoms with Gasteiger partial charge in [0.1, 0.15) is 0 Å². The van der Waals surface area contributed by atoms with Crippen molar-refractivity contribution in [3.8, 4) is 0 Å².